The van der Waals surface area contributed by atoms with Crippen molar-refractivity contribution in [1.29, 1.82) is 0 Å². The summed E-state index contributed by atoms with van der Waals surface area (Å²) in [5.41, 5.74) is 5.57. The maximum absolute atomic E-state index is 12.2. The van der Waals surface area contributed by atoms with Crippen molar-refractivity contribution in [2.75, 3.05) is 19.6 Å². The molecule has 4 heteroatoms. The third kappa shape index (κ3) is 3.07. The highest BCUT2D eigenvalue weighted by molar-refractivity contribution is 7.13. The van der Waals surface area contributed by atoms with Crippen molar-refractivity contribution in [2.24, 2.45) is 11.7 Å². The second-order valence-electron chi connectivity index (χ2n) is 4.72. The number of aryl methyl sites for hydroxylation is 1. The average molecular weight is 252 g/mol. The number of thiophene rings is 1. The topological polar surface area (TPSA) is 46.3 Å². The molecule has 0 atom stereocenters. The van der Waals surface area contributed by atoms with Gasteiger partial charge in [-0.15, -0.1) is 11.3 Å². The number of nitrogens with zero attached hydrogens (tertiary/aromatic N) is 1. The Hall–Kier alpha value is -0.870. The van der Waals surface area contributed by atoms with E-state index < -0.39 is 0 Å². The molecule has 0 aliphatic carbocycles. The lowest BCUT2D eigenvalue weighted by Gasteiger charge is -2.31. The van der Waals surface area contributed by atoms with E-state index in [1.54, 1.807) is 11.3 Å². The predicted molar refractivity (Wildman–Crippen MR) is 71.4 cm³/mol. The number of carbonyl (C=O) groups is 1. The fourth-order valence-electron chi connectivity index (χ4n) is 2.37. The Kier molecular flexibility index (Phi) is 4.18. The number of likely N-dealkylation sites (tertiary alicyclic amines) is 1. The summed E-state index contributed by atoms with van der Waals surface area (Å²) in [4.78, 5) is 16.2. The molecule has 94 valence electrons. The lowest BCUT2D eigenvalue weighted by atomic mass is 9.93. The second kappa shape index (κ2) is 5.65. The third-order valence-corrected chi connectivity index (χ3v) is 4.42. The van der Waals surface area contributed by atoms with E-state index in [0.717, 1.165) is 43.8 Å². The zero-order chi connectivity index (χ0) is 12.3. The van der Waals surface area contributed by atoms with Gasteiger partial charge in [-0.2, -0.15) is 0 Å². The van der Waals surface area contributed by atoms with Crippen LogP contribution in [0.2, 0.25) is 0 Å². The molecule has 17 heavy (non-hydrogen) atoms. The van der Waals surface area contributed by atoms with Crippen LogP contribution in [0.3, 0.4) is 0 Å². The number of hydrogen-bond donors (Lipinski definition) is 1. The highest BCUT2D eigenvalue weighted by Gasteiger charge is 2.23. The summed E-state index contributed by atoms with van der Waals surface area (Å²) in [6, 6.07) is 3.95. The standard InChI is InChI=1S/C13H20N2OS/c1-10-2-3-12(17-10)13(16)15-8-5-11(4-7-14)6-9-15/h2-3,11H,4-9,14H2,1H3. The molecule has 2 N–H and O–H groups in total. The molecule has 2 heterocycles. The van der Waals surface area contributed by atoms with Gasteiger partial charge in [0, 0.05) is 18.0 Å². The summed E-state index contributed by atoms with van der Waals surface area (Å²) in [7, 11) is 0. The molecule has 0 unspecified atom stereocenters. The van der Waals surface area contributed by atoms with Crippen LogP contribution in [0.25, 0.3) is 0 Å². The lowest BCUT2D eigenvalue weighted by Crippen LogP contribution is -2.38. The largest absolute Gasteiger partial charge is 0.338 e. The molecule has 1 fully saturated rings. The predicted octanol–water partition coefficient (Wildman–Crippen LogP) is 2.26. The van der Waals surface area contributed by atoms with Gasteiger partial charge in [-0.3, -0.25) is 4.79 Å². The molecule has 1 aromatic rings. The van der Waals surface area contributed by atoms with Gasteiger partial charge >= 0.3 is 0 Å². The second-order valence-corrected chi connectivity index (χ2v) is 6.01. The molecule has 1 amide bonds. The summed E-state index contributed by atoms with van der Waals surface area (Å²) in [5, 5.41) is 0. The molecule has 0 spiro atoms. The van der Waals surface area contributed by atoms with Crippen molar-refractivity contribution >= 4 is 17.2 Å². The van der Waals surface area contributed by atoms with Crippen molar-refractivity contribution in [1.82, 2.24) is 4.90 Å². The van der Waals surface area contributed by atoms with Crippen LogP contribution in [0.15, 0.2) is 12.1 Å². The molecule has 0 bridgehead atoms. The maximum atomic E-state index is 12.2. The quantitative estimate of drug-likeness (QED) is 0.897. The van der Waals surface area contributed by atoms with Crippen LogP contribution in [0.5, 0.6) is 0 Å². The Labute approximate surface area is 107 Å². The van der Waals surface area contributed by atoms with Crippen molar-refractivity contribution in [3.8, 4) is 0 Å². The summed E-state index contributed by atoms with van der Waals surface area (Å²) < 4.78 is 0. The van der Waals surface area contributed by atoms with Gasteiger partial charge in [-0.05, 0) is 50.8 Å². The number of carbonyl (C=O) groups excluding carboxylic acids is 1. The molecule has 0 aromatic carbocycles. The van der Waals surface area contributed by atoms with E-state index in [1.165, 1.54) is 4.88 Å². The summed E-state index contributed by atoms with van der Waals surface area (Å²) >= 11 is 1.59. The fourth-order valence-corrected chi connectivity index (χ4v) is 3.20. The highest BCUT2D eigenvalue weighted by Crippen LogP contribution is 2.23. The minimum Gasteiger partial charge on any atom is -0.338 e. The normalized spacial score (nSPS) is 17.4. The zero-order valence-electron chi connectivity index (χ0n) is 10.3. The molecule has 1 saturated heterocycles. The molecular formula is C13H20N2OS. The van der Waals surface area contributed by atoms with Crippen LogP contribution in [0.1, 0.15) is 33.8 Å². The van der Waals surface area contributed by atoms with Gasteiger partial charge in [0.2, 0.25) is 0 Å². The summed E-state index contributed by atoms with van der Waals surface area (Å²) in [5.74, 6) is 0.920. The highest BCUT2D eigenvalue weighted by atomic mass is 32.1. The van der Waals surface area contributed by atoms with Gasteiger partial charge in [0.25, 0.3) is 5.91 Å². The van der Waals surface area contributed by atoms with Crippen molar-refractivity contribution in [3.05, 3.63) is 21.9 Å². The van der Waals surface area contributed by atoms with Gasteiger partial charge < -0.3 is 10.6 Å². The first-order valence-corrected chi connectivity index (χ1v) is 7.08. The number of rotatable bonds is 3. The molecule has 1 aromatic heterocycles. The summed E-state index contributed by atoms with van der Waals surface area (Å²) in [6.45, 7) is 4.58. The molecule has 1 aliphatic rings. The van der Waals surface area contributed by atoms with E-state index in [9.17, 15) is 4.79 Å². The molecule has 2 rings (SSSR count). The number of nitrogens with two attached hydrogens (primary N) is 1. The Morgan fingerprint density at radius 1 is 1.47 bits per heavy atom. The Bertz CT molecular complexity index is 381. The van der Waals surface area contributed by atoms with E-state index in [4.69, 9.17) is 5.73 Å². The van der Waals surface area contributed by atoms with E-state index >= 15 is 0 Å². The maximum Gasteiger partial charge on any atom is 0.263 e. The minimum absolute atomic E-state index is 0.203. The van der Waals surface area contributed by atoms with Gasteiger partial charge in [-0.25, -0.2) is 0 Å². The average Bonchev–Trinajstić information content (AvgIpc) is 2.76. The molecule has 0 saturated carbocycles. The van der Waals surface area contributed by atoms with Crippen molar-refractivity contribution in [3.63, 3.8) is 0 Å². The van der Waals surface area contributed by atoms with E-state index in [1.807, 2.05) is 24.0 Å². The Balaban J connectivity index is 1.90. The third-order valence-electron chi connectivity index (χ3n) is 3.43. The van der Waals surface area contributed by atoms with Gasteiger partial charge in [0.15, 0.2) is 0 Å². The molecule has 0 radical (unpaired) electrons. The molecular weight excluding hydrogens is 232 g/mol. The lowest BCUT2D eigenvalue weighted by molar-refractivity contribution is 0.0693. The van der Waals surface area contributed by atoms with Crippen LogP contribution < -0.4 is 5.73 Å². The zero-order valence-corrected chi connectivity index (χ0v) is 11.1. The van der Waals surface area contributed by atoms with Gasteiger partial charge in [-0.1, -0.05) is 0 Å². The molecule has 1 aliphatic heterocycles. The fraction of sp³-hybridized carbons (Fsp3) is 0.615. The first-order valence-electron chi connectivity index (χ1n) is 6.26. The van der Waals surface area contributed by atoms with Crippen LogP contribution >= 0.6 is 11.3 Å². The Morgan fingerprint density at radius 2 is 2.18 bits per heavy atom. The Morgan fingerprint density at radius 3 is 2.71 bits per heavy atom. The van der Waals surface area contributed by atoms with Crippen LogP contribution in [-0.4, -0.2) is 30.4 Å². The number of amides is 1. The molecule has 3 nitrogen and oxygen atoms in total. The minimum atomic E-state index is 0.203. The van der Waals surface area contributed by atoms with Crippen molar-refractivity contribution in [2.45, 2.75) is 26.2 Å². The van der Waals surface area contributed by atoms with Crippen LogP contribution in [0, 0.1) is 12.8 Å². The first kappa shape index (κ1) is 12.6. The number of hydrogen-bond acceptors (Lipinski definition) is 3. The SMILES string of the molecule is Cc1ccc(C(=O)N2CCC(CCN)CC2)s1. The smallest absolute Gasteiger partial charge is 0.263 e. The first-order chi connectivity index (χ1) is 8.20. The summed E-state index contributed by atoms with van der Waals surface area (Å²) in [6.07, 6.45) is 3.31. The van der Waals surface area contributed by atoms with Crippen molar-refractivity contribution < 1.29 is 4.79 Å². The van der Waals surface area contributed by atoms with Gasteiger partial charge in [0.05, 0.1) is 4.88 Å². The van der Waals surface area contributed by atoms with E-state index in [-0.39, 0.29) is 5.91 Å². The monoisotopic (exact) mass is 252 g/mol. The number of piperidine rings is 1. The van der Waals surface area contributed by atoms with Crippen LogP contribution in [-0.2, 0) is 0 Å². The van der Waals surface area contributed by atoms with E-state index in [0.29, 0.717) is 5.92 Å². The van der Waals surface area contributed by atoms with E-state index in [2.05, 4.69) is 0 Å². The van der Waals surface area contributed by atoms with Gasteiger partial charge in [0.1, 0.15) is 0 Å². The van der Waals surface area contributed by atoms with Crippen LogP contribution in [0.4, 0.5) is 0 Å².